The summed E-state index contributed by atoms with van der Waals surface area (Å²) in [6.07, 6.45) is 10.1. The lowest BCUT2D eigenvalue weighted by molar-refractivity contribution is -0.192. The van der Waals surface area contributed by atoms with Gasteiger partial charge in [0.15, 0.2) is 0 Å². The van der Waals surface area contributed by atoms with Gasteiger partial charge in [-0.15, -0.1) is 12.4 Å². The topological polar surface area (TPSA) is 316 Å². The van der Waals surface area contributed by atoms with Crippen molar-refractivity contribution in [2.45, 2.75) is 109 Å². The number of aliphatic hydroxyl groups excluding tert-OH is 1. The number of likely N-dealkylation sites (tertiary alicyclic amines) is 1. The van der Waals surface area contributed by atoms with Gasteiger partial charge in [0.1, 0.15) is 0 Å². The summed E-state index contributed by atoms with van der Waals surface area (Å²) in [4.78, 5) is 20.7. The van der Waals surface area contributed by atoms with Gasteiger partial charge in [-0.3, -0.25) is 4.18 Å². The number of aliphatic carboxylic acids is 1. The van der Waals surface area contributed by atoms with E-state index < -0.39 is 42.3 Å². The third kappa shape index (κ3) is 20.9. The fraction of sp³-hybridized carbons (Fsp3) is 0.655. The first-order valence-corrected chi connectivity index (χ1v) is 34.8. The molecule has 0 bridgehead atoms. The third-order valence-electron chi connectivity index (χ3n) is 15.7. The average Bonchev–Trinajstić information content (AvgIpc) is 3.01. The maximum Gasteiger partial charge on any atom is 0.490 e. The summed E-state index contributed by atoms with van der Waals surface area (Å²) in [5, 5.41) is 42.4. The molecule has 5 aliphatic heterocycles. The molecule has 25 nitrogen and oxygen atoms in total. The van der Waals surface area contributed by atoms with Crippen LogP contribution in [0.1, 0.15) is 113 Å². The van der Waals surface area contributed by atoms with Crippen LogP contribution >= 0.6 is 12.4 Å². The number of nitrogens with zero attached hydrogens (tertiary/aromatic N) is 11. The van der Waals surface area contributed by atoms with Crippen LogP contribution in [0.4, 0.5) is 13.2 Å². The van der Waals surface area contributed by atoms with Crippen molar-refractivity contribution in [3.05, 3.63) is 71.7 Å². The zero-order valence-electron chi connectivity index (χ0n) is 49.8. The number of carbonyl (C=O) groups is 1. The number of piperidine rings is 5. The molecule has 5 fully saturated rings. The number of halogens is 4. The molecule has 9 heterocycles. The van der Waals surface area contributed by atoms with Gasteiger partial charge in [0.25, 0.3) is 22.0 Å². The minimum absolute atomic E-state index is 0. The lowest BCUT2D eigenvalue weighted by Crippen LogP contribution is -2.44. The molecule has 87 heavy (non-hydrogen) atoms. The fourth-order valence-electron chi connectivity index (χ4n) is 11.1. The summed E-state index contributed by atoms with van der Waals surface area (Å²) in [6.45, 7) is 13.8. The molecule has 0 saturated carbocycles. The van der Waals surface area contributed by atoms with E-state index in [-0.39, 0.29) is 30.8 Å². The molecule has 11 rings (SSSR count). The van der Waals surface area contributed by atoms with Gasteiger partial charge in [0.05, 0.1) is 47.8 Å². The first-order chi connectivity index (χ1) is 40.8. The second-order valence-corrected chi connectivity index (χ2v) is 28.0. The van der Waals surface area contributed by atoms with Crippen molar-refractivity contribution in [2.75, 3.05) is 104 Å². The summed E-state index contributed by atoms with van der Waals surface area (Å²) in [5.41, 5.74) is 4.11. The molecule has 0 spiro atoms. The smallest absolute Gasteiger partial charge is 0.475 e. The van der Waals surface area contributed by atoms with Gasteiger partial charge >= 0.3 is 12.1 Å². The molecular formula is C55H83ClF3N13O12S3. The zero-order valence-corrected chi connectivity index (χ0v) is 53.1. The lowest BCUT2D eigenvalue weighted by Gasteiger charge is -2.36. The molecule has 3 atom stereocenters. The standard InChI is InChI=1S/C23H32N6O3S.C16H19N5O.C8H17NO5S2.C6H13NO.C2HF3O2.ClH/c1-3-20-19-8-4-5-9-21(19)29(25-20)23-24-22(32-26-23)18-10-13-27(14-11-18)15-17-7-6-12-28(16-17)33(2,30)31;1-2-13-12-5-3-4-6-14(12)21(19-13)16-18-15(22-20-16)11-7-9-17-10-8-11;1-15(10,11)9-5-3-4-8(6-9)7-14-16(2,12)13;8-5-6-2-1-3-7-4-6;3-2(4,5)1(6)7;/h4-5,8-9,17-18H,3,6-7,10-16H2,1-2H3;3-6,11,17H,2,7-10H2,1H3;8H,3-7H2,1-2H3;6-8H,1-5H2;(H,6,7);1H. The van der Waals surface area contributed by atoms with Gasteiger partial charge < -0.3 is 34.8 Å². The highest BCUT2D eigenvalue weighted by atomic mass is 35.5. The first kappa shape index (κ1) is 70.9. The van der Waals surface area contributed by atoms with Gasteiger partial charge in [0, 0.05) is 68.5 Å². The number of fused-ring (bicyclic) bond motifs is 2. The van der Waals surface area contributed by atoms with Crippen LogP contribution in [-0.4, -0.2) is 205 Å². The van der Waals surface area contributed by atoms with E-state index >= 15 is 0 Å². The summed E-state index contributed by atoms with van der Waals surface area (Å²) < 4.78 is 122. The number of hydrogen-bond acceptors (Lipinski definition) is 20. The van der Waals surface area contributed by atoms with Crippen LogP contribution in [0.15, 0.2) is 57.6 Å². The fourth-order valence-corrected chi connectivity index (χ4v) is 13.4. The number of sulfonamides is 2. The Bertz CT molecular complexity index is 3460. The van der Waals surface area contributed by atoms with Crippen molar-refractivity contribution in [1.29, 1.82) is 0 Å². The van der Waals surface area contributed by atoms with Crippen LogP contribution in [0.5, 0.6) is 0 Å². The van der Waals surface area contributed by atoms with E-state index in [1.807, 2.05) is 36.4 Å². The number of aromatic nitrogens is 8. The molecule has 3 unspecified atom stereocenters. The molecule has 5 aliphatic rings. The zero-order chi connectivity index (χ0) is 62.2. The maximum atomic E-state index is 11.9. The van der Waals surface area contributed by atoms with Crippen LogP contribution < -0.4 is 10.6 Å². The monoisotopic (exact) mass is 1310 g/mol. The summed E-state index contributed by atoms with van der Waals surface area (Å²) in [6, 6.07) is 16.3. The van der Waals surface area contributed by atoms with E-state index in [4.69, 9.17) is 34.1 Å². The Morgan fingerprint density at radius 1 is 0.655 bits per heavy atom. The van der Waals surface area contributed by atoms with Gasteiger partial charge in [-0.25, -0.2) is 30.2 Å². The van der Waals surface area contributed by atoms with Crippen LogP contribution in [0.3, 0.4) is 0 Å². The second kappa shape index (κ2) is 32.5. The van der Waals surface area contributed by atoms with Crippen LogP contribution in [0.25, 0.3) is 33.7 Å². The van der Waals surface area contributed by atoms with Gasteiger partial charge in [-0.1, -0.05) is 50.2 Å². The Hall–Kier alpha value is -5.22. The number of carboxylic acid groups (broad SMARTS) is 1. The van der Waals surface area contributed by atoms with Gasteiger partial charge in [0.2, 0.25) is 31.8 Å². The SMILES string of the molecule is CCc1nn(-c2noc(C3CCN(CC4CCCN(S(C)(=O)=O)C4)CC3)n2)c2ccccc12.CCc1nn(-c2noc(C3CCNCC3)n2)c2ccccc12.CS(=O)(=O)OCC1CCCN(S(C)(=O)=O)C1.Cl.O=C(O)C(F)(F)F.OCC1CCCNC1. The van der Waals surface area contributed by atoms with Crippen molar-refractivity contribution < 1.29 is 66.7 Å². The van der Waals surface area contributed by atoms with E-state index in [1.54, 1.807) is 13.7 Å². The lowest BCUT2D eigenvalue weighted by atomic mass is 9.94. The largest absolute Gasteiger partial charge is 0.490 e. The number of benzene rings is 2. The third-order valence-corrected chi connectivity index (χ3v) is 18.8. The van der Waals surface area contributed by atoms with E-state index in [0.717, 1.165) is 162 Å². The van der Waals surface area contributed by atoms with Crippen molar-refractivity contribution >= 4 is 70.3 Å². The maximum absolute atomic E-state index is 11.9. The summed E-state index contributed by atoms with van der Waals surface area (Å²) in [5.74, 6) is 1.17. The van der Waals surface area contributed by atoms with E-state index in [0.29, 0.717) is 68.3 Å². The molecule has 486 valence electrons. The average molecular weight is 1310 g/mol. The van der Waals surface area contributed by atoms with Gasteiger partial charge in [-0.2, -0.15) is 51.1 Å². The molecule has 4 aromatic heterocycles. The number of nitrogens with one attached hydrogen (secondary N) is 2. The van der Waals surface area contributed by atoms with E-state index in [2.05, 4.69) is 66.1 Å². The molecule has 5 saturated heterocycles. The number of rotatable bonds is 14. The molecule has 4 N–H and O–H groups in total. The normalized spacial score (nSPS) is 20.6. The van der Waals surface area contributed by atoms with Crippen molar-refractivity contribution in [1.82, 2.24) is 64.0 Å². The number of carboxylic acids is 1. The van der Waals surface area contributed by atoms with Crippen LogP contribution in [0, 0.1) is 17.8 Å². The summed E-state index contributed by atoms with van der Waals surface area (Å²) >= 11 is 0. The first-order valence-electron chi connectivity index (χ1n) is 29.3. The number of aliphatic hydroxyl groups is 1. The van der Waals surface area contributed by atoms with Crippen molar-refractivity contribution in [2.24, 2.45) is 17.8 Å². The molecule has 2 aromatic carbocycles. The Kier molecular flexibility index (Phi) is 26.5. The van der Waals surface area contributed by atoms with Crippen molar-refractivity contribution in [3.63, 3.8) is 0 Å². The number of hydrogen-bond donors (Lipinski definition) is 4. The predicted octanol–water partition coefficient (Wildman–Crippen LogP) is 5.93. The summed E-state index contributed by atoms with van der Waals surface area (Å²) in [7, 11) is -9.73. The second-order valence-electron chi connectivity index (χ2n) is 22.4. The quantitative estimate of drug-likeness (QED) is 0.0919. The van der Waals surface area contributed by atoms with E-state index in [9.17, 15) is 38.4 Å². The van der Waals surface area contributed by atoms with Gasteiger partial charge in [-0.05, 0) is 150 Å². The minimum atomic E-state index is -5.08. The highest BCUT2D eigenvalue weighted by Crippen LogP contribution is 2.31. The molecule has 6 aromatic rings. The Morgan fingerprint density at radius 2 is 1.11 bits per heavy atom. The Morgan fingerprint density at radius 3 is 1.54 bits per heavy atom. The Balaban J connectivity index is 0.000000193. The van der Waals surface area contributed by atoms with Crippen LogP contribution in [-0.2, 0) is 52.0 Å². The molecule has 0 radical (unpaired) electrons. The molecule has 0 amide bonds. The highest BCUT2D eigenvalue weighted by molar-refractivity contribution is 7.88. The Labute approximate surface area is 512 Å². The number of alkyl halides is 3. The van der Waals surface area contributed by atoms with E-state index in [1.165, 1.54) is 23.4 Å². The minimum Gasteiger partial charge on any atom is -0.475 e. The van der Waals surface area contributed by atoms with Crippen LogP contribution in [0.2, 0.25) is 0 Å². The number of para-hydroxylation sites is 2. The molecule has 32 heteroatoms. The molecule has 0 aliphatic carbocycles. The predicted molar refractivity (Wildman–Crippen MR) is 323 cm³/mol. The molecular weight excluding hydrogens is 1220 g/mol. The van der Waals surface area contributed by atoms with Crippen molar-refractivity contribution in [3.8, 4) is 11.9 Å². The highest BCUT2D eigenvalue weighted by Gasteiger charge is 2.38. The number of aryl methyl sites for hydroxylation is 2.